The maximum Gasteiger partial charge on any atom is 0.338 e. The number of methoxy groups -OCH3 is 1. The van der Waals surface area contributed by atoms with E-state index in [2.05, 4.69) is 32.6 Å². The Hall–Kier alpha value is -3.04. The minimum atomic E-state index is -0.501. The molecule has 1 fully saturated rings. The van der Waals surface area contributed by atoms with Crippen molar-refractivity contribution >= 4 is 29.0 Å². The smallest absolute Gasteiger partial charge is 0.338 e. The molecule has 0 aliphatic carbocycles. The number of urea groups is 1. The molecule has 2 amide bonds. The summed E-state index contributed by atoms with van der Waals surface area (Å²) in [4.78, 5) is 30.7. The van der Waals surface area contributed by atoms with Crippen LogP contribution in [0.4, 0.5) is 10.5 Å². The normalized spacial score (nSPS) is 19.4. The van der Waals surface area contributed by atoms with E-state index in [-0.39, 0.29) is 12.6 Å². The molecule has 2 aliphatic rings. The summed E-state index contributed by atoms with van der Waals surface area (Å²) in [5.74, 6) is 0.443. The number of carbonyl (C=O) groups is 2. The topological polar surface area (TPSA) is 83.1 Å². The van der Waals surface area contributed by atoms with Crippen molar-refractivity contribution in [1.29, 1.82) is 0 Å². The number of amides is 2. The van der Waals surface area contributed by atoms with Crippen LogP contribution in [0.15, 0.2) is 53.0 Å². The molecule has 2 aromatic rings. The molecule has 8 nitrogen and oxygen atoms in total. The molecule has 32 heavy (non-hydrogen) atoms. The van der Waals surface area contributed by atoms with Crippen LogP contribution in [0.1, 0.15) is 17.8 Å². The van der Waals surface area contributed by atoms with Gasteiger partial charge in [0.25, 0.3) is 0 Å². The highest BCUT2D eigenvalue weighted by molar-refractivity contribution is 7.10. The van der Waals surface area contributed by atoms with Crippen LogP contribution in [0.25, 0.3) is 0 Å². The molecular weight excluding hydrogens is 428 g/mol. The second-order valence-corrected chi connectivity index (χ2v) is 8.60. The first-order chi connectivity index (χ1) is 15.6. The zero-order chi connectivity index (χ0) is 22.5. The summed E-state index contributed by atoms with van der Waals surface area (Å²) < 4.78 is 10.6. The third kappa shape index (κ3) is 4.89. The van der Waals surface area contributed by atoms with Crippen LogP contribution in [0.3, 0.4) is 0 Å². The monoisotopic (exact) mass is 456 g/mol. The van der Waals surface area contributed by atoms with Crippen LogP contribution in [-0.4, -0.2) is 63.3 Å². The Morgan fingerprint density at radius 1 is 1.16 bits per heavy atom. The number of benzene rings is 1. The van der Waals surface area contributed by atoms with Gasteiger partial charge in [-0.1, -0.05) is 6.07 Å². The number of carbonyl (C=O) groups excluding carboxylic acids is 2. The predicted octanol–water partition coefficient (Wildman–Crippen LogP) is 2.75. The van der Waals surface area contributed by atoms with E-state index in [4.69, 9.17) is 9.47 Å². The molecule has 170 valence electrons. The van der Waals surface area contributed by atoms with Crippen molar-refractivity contribution in [3.63, 3.8) is 0 Å². The SMILES string of the molecule is CCOC(=O)C1=C(CN2CCN(c3ccc(OC)cc3)CC2)NC(=O)N[C@H]1c1cccs1. The number of nitrogens with one attached hydrogen (secondary N) is 2. The van der Waals surface area contributed by atoms with Crippen molar-refractivity contribution in [3.05, 3.63) is 57.9 Å². The van der Waals surface area contributed by atoms with Crippen LogP contribution in [0.5, 0.6) is 5.75 Å². The van der Waals surface area contributed by atoms with Gasteiger partial charge < -0.3 is 25.0 Å². The zero-order valence-electron chi connectivity index (χ0n) is 18.3. The maximum absolute atomic E-state index is 12.8. The number of hydrogen-bond acceptors (Lipinski definition) is 7. The van der Waals surface area contributed by atoms with Crippen molar-refractivity contribution in [1.82, 2.24) is 15.5 Å². The largest absolute Gasteiger partial charge is 0.497 e. The minimum Gasteiger partial charge on any atom is -0.497 e. The standard InChI is InChI=1S/C23H28N4O4S/c1-3-31-22(28)20-18(24-23(29)25-21(20)19-5-4-14-32-19)15-26-10-12-27(13-11-26)16-6-8-17(30-2)9-7-16/h4-9,14,21H,3,10-13,15H2,1-2H3,(H2,24,25,29)/t21-/m0/s1. The Labute approximate surface area is 191 Å². The number of ether oxygens (including phenoxy) is 2. The van der Waals surface area contributed by atoms with E-state index < -0.39 is 12.0 Å². The second kappa shape index (κ2) is 10.1. The van der Waals surface area contributed by atoms with E-state index in [1.165, 1.54) is 11.3 Å². The van der Waals surface area contributed by atoms with Gasteiger partial charge in [0, 0.05) is 49.0 Å². The Balaban J connectivity index is 1.49. The van der Waals surface area contributed by atoms with Crippen molar-refractivity contribution < 1.29 is 19.1 Å². The number of esters is 1. The number of anilines is 1. The maximum atomic E-state index is 12.8. The van der Waals surface area contributed by atoms with Crippen molar-refractivity contribution in [2.24, 2.45) is 0 Å². The van der Waals surface area contributed by atoms with E-state index in [0.717, 1.165) is 42.5 Å². The fourth-order valence-electron chi connectivity index (χ4n) is 4.04. The first-order valence-electron chi connectivity index (χ1n) is 10.7. The molecule has 0 spiro atoms. The van der Waals surface area contributed by atoms with Crippen LogP contribution in [0.2, 0.25) is 0 Å². The van der Waals surface area contributed by atoms with Crippen LogP contribution in [0, 0.1) is 0 Å². The number of piperazine rings is 1. The van der Waals surface area contributed by atoms with Gasteiger partial charge in [0.2, 0.25) is 0 Å². The van der Waals surface area contributed by atoms with E-state index >= 15 is 0 Å². The van der Waals surface area contributed by atoms with Gasteiger partial charge in [-0.15, -0.1) is 11.3 Å². The number of hydrogen-bond donors (Lipinski definition) is 2. The number of thiophene rings is 1. The molecule has 4 rings (SSSR count). The van der Waals surface area contributed by atoms with Crippen molar-refractivity contribution in [2.45, 2.75) is 13.0 Å². The summed E-state index contributed by atoms with van der Waals surface area (Å²) in [7, 11) is 1.66. The summed E-state index contributed by atoms with van der Waals surface area (Å²) in [6.07, 6.45) is 0. The van der Waals surface area contributed by atoms with Crippen LogP contribution < -0.4 is 20.3 Å². The van der Waals surface area contributed by atoms with Gasteiger partial charge in [-0.2, -0.15) is 0 Å². The molecule has 3 heterocycles. The van der Waals surface area contributed by atoms with E-state index in [9.17, 15) is 9.59 Å². The van der Waals surface area contributed by atoms with E-state index in [1.54, 1.807) is 14.0 Å². The molecule has 1 aromatic heterocycles. The lowest BCUT2D eigenvalue weighted by Gasteiger charge is -2.37. The van der Waals surface area contributed by atoms with Crippen LogP contribution >= 0.6 is 11.3 Å². The first kappa shape index (κ1) is 22.2. The molecule has 0 unspecified atom stereocenters. The van der Waals surface area contributed by atoms with Gasteiger partial charge in [0.15, 0.2) is 0 Å². The summed E-state index contributed by atoms with van der Waals surface area (Å²) in [5, 5.41) is 7.68. The van der Waals surface area contributed by atoms with Gasteiger partial charge in [-0.05, 0) is 42.6 Å². The van der Waals surface area contributed by atoms with Gasteiger partial charge in [0.05, 0.1) is 25.3 Å². The Kier molecular flexibility index (Phi) is 6.96. The highest BCUT2D eigenvalue weighted by atomic mass is 32.1. The molecule has 2 N–H and O–H groups in total. The quantitative estimate of drug-likeness (QED) is 0.624. The Morgan fingerprint density at radius 3 is 2.53 bits per heavy atom. The predicted molar refractivity (Wildman–Crippen MR) is 124 cm³/mol. The summed E-state index contributed by atoms with van der Waals surface area (Å²) >= 11 is 1.51. The molecule has 1 saturated heterocycles. The average Bonchev–Trinajstić information content (AvgIpc) is 3.34. The van der Waals surface area contributed by atoms with Crippen molar-refractivity contribution in [3.8, 4) is 5.75 Å². The summed E-state index contributed by atoms with van der Waals surface area (Å²) in [5.41, 5.74) is 2.25. The molecule has 0 bridgehead atoms. The third-order valence-corrected chi connectivity index (χ3v) is 6.61. The highest BCUT2D eigenvalue weighted by Gasteiger charge is 2.35. The zero-order valence-corrected chi connectivity index (χ0v) is 19.1. The fourth-order valence-corrected chi connectivity index (χ4v) is 4.83. The van der Waals surface area contributed by atoms with Gasteiger partial charge in [0.1, 0.15) is 5.75 Å². The lowest BCUT2D eigenvalue weighted by molar-refractivity contribution is -0.139. The Morgan fingerprint density at radius 2 is 1.91 bits per heavy atom. The summed E-state index contributed by atoms with van der Waals surface area (Å²) in [6.45, 7) is 5.90. The van der Waals surface area contributed by atoms with Gasteiger partial charge >= 0.3 is 12.0 Å². The molecule has 1 atom stereocenters. The molecule has 9 heteroatoms. The lowest BCUT2D eigenvalue weighted by atomic mass is 10.0. The number of rotatable bonds is 7. The third-order valence-electron chi connectivity index (χ3n) is 5.67. The van der Waals surface area contributed by atoms with E-state index in [1.807, 2.05) is 29.6 Å². The van der Waals surface area contributed by atoms with Crippen molar-refractivity contribution in [2.75, 3.05) is 51.3 Å². The molecule has 2 aliphatic heterocycles. The van der Waals surface area contributed by atoms with Gasteiger partial charge in [-0.25, -0.2) is 9.59 Å². The molecule has 0 radical (unpaired) electrons. The molecule has 0 saturated carbocycles. The second-order valence-electron chi connectivity index (χ2n) is 7.62. The fraction of sp³-hybridized carbons (Fsp3) is 0.391. The van der Waals surface area contributed by atoms with E-state index in [0.29, 0.717) is 17.8 Å². The Bertz CT molecular complexity index is 966. The summed E-state index contributed by atoms with van der Waals surface area (Å²) in [6, 6.07) is 11.1. The van der Waals surface area contributed by atoms with Gasteiger partial charge in [-0.3, -0.25) is 4.90 Å². The van der Waals surface area contributed by atoms with Crippen LogP contribution in [-0.2, 0) is 9.53 Å². The first-order valence-corrected chi connectivity index (χ1v) is 11.6. The molecule has 1 aromatic carbocycles. The molecular formula is C23H28N4O4S. The highest BCUT2D eigenvalue weighted by Crippen LogP contribution is 2.31. The minimum absolute atomic E-state index is 0.279. The number of nitrogens with zero attached hydrogens (tertiary/aromatic N) is 2. The lowest BCUT2D eigenvalue weighted by Crippen LogP contribution is -2.51. The average molecular weight is 457 g/mol.